The van der Waals surface area contributed by atoms with Crippen molar-refractivity contribution in [3.63, 3.8) is 0 Å². The summed E-state index contributed by atoms with van der Waals surface area (Å²) in [5.74, 6) is 0. The van der Waals surface area contributed by atoms with Crippen LogP contribution in [-0.4, -0.2) is 8.42 Å². The van der Waals surface area contributed by atoms with Gasteiger partial charge in [0.25, 0.3) is 0 Å². The minimum absolute atomic E-state index is 0.211. The van der Waals surface area contributed by atoms with Crippen molar-refractivity contribution in [1.29, 1.82) is 0 Å². The van der Waals surface area contributed by atoms with Crippen LogP contribution in [0.1, 0.15) is 11.1 Å². The summed E-state index contributed by atoms with van der Waals surface area (Å²) >= 11 is 9.19. The molecule has 0 aliphatic heterocycles. The molecule has 0 amide bonds. The molecule has 0 unspecified atom stereocenters. The van der Waals surface area contributed by atoms with E-state index >= 15 is 0 Å². The van der Waals surface area contributed by atoms with E-state index in [9.17, 15) is 8.42 Å². The topological polar surface area (TPSA) is 46.2 Å². The van der Waals surface area contributed by atoms with Gasteiger partial charge < -0.3 is 0 Å². The highest BCUT2D eigenvalue weighted by Gasteiger charge is 2.13. The van der Waals surface area contributed by atoms with Crippen LogP contribution in [0.3, 0.4) is 0 Å². The smallest absolute Gasteiger partial charge is 0.207 e. The van der Waals surface area contributed by atoms with Gasteiger partial charge in [-0.3, -0.25) is 0 Å². The van der Waals surface area contributed by atoms with Gasteiger partial charge in [0.1, 0.15) is 0 Å². The largest absolute Gasteiger partial charge is 0.240 e. The number of rotatable bonds is 5. The van der Waals surface area contributed by atoms with Crippen molar-refractivity contribution in [3.8, 4) is 0 Å². The molecule has 0 aliphatic carbocycles. The molecule has 2 rings (SSSR count). The van der Waals surface area contributed by atoms with E-state index in [0.29, 0.717) is 10.4 Å². The molecule has 0 aliphatic rings. The van der Waals surface area contributed by atoms with E-state index in [4.69, 9.17) is 11.6 Å². The molecule has 0 atom stereocenters. The maximum atomic E-state index is 12.1. The van der Waals surface area contributed by atoms with E-state index in [1.54, 1.807) is 42.5 Å². The van der Waals surface area contributed by atoms with Gasteiger partial charge in [-0.1, -0.05) is 51.8 Å². The van der Waals surface area contributed by atoms with E-state index in [2.05, 4.69) is 20.7 Å². The Bertz CT molecular complexity index is 687. The predicted molar refractivity (Wildman–Crippen MR) is 84.6 cm³/mol. The summed E-state index contributed by atoms with van der Waals surface area (Å²) < 4.78 is 26.8. The van der Waals surface area contributed by atoms with Crippen molar-refractivity contribution in [1.82, 2.24) is 4.72 Å². The van der Waals surface area contributed by atoms with Gasteiger partial charge in [-0.2, -0.15) is 0 Å². The third-order valence-electron chi connectivity index (χ3n) is 2.74. The number of halogens is 2. The molecule has 0 bridgehead atoms. The molecule has 0 fully saturated rings. The minimum Gasteiger partial charge on any atom is -0.207 e. The zero-order valence-electron chi connectivity index (χ0n) is 10.5. The lowest BCUT2D eigenvalue weighted by Gasteiger charge is -2.07. The maximum absolute atomic E-state index is 12.1. The van der Waals surface area contributed by atoms with Crippen molar-refractivity contribution in [2.75, 3.05) is 0 Å². The minimum atomic E-state index is -3.50. The van der Waals surface area contributed by atoms with Crippen molar-refractivity contribution in [2.45, 2.75) is 16.8 Å². The molecule has 0 radical (unpaired) electrons. The Morgan fingerprint density at radius 1 is 1.05 bits per heavy atom. The van der Waals surface area contributed by atoms with Gasteiger partial charge in [-0.25, -0.2) is 13.1 Å². The van der Waals surface area contributed by atoms with Gasteiger partial charge >= 0.3 is 0 Å². The molecule has 20 heavy (non-hydrogen) atoms. The van der Waals surface area contributed by atoms with Crippen molar-refractivity contribution < 1.29 is 8.42 Å². The van der Waals surface area contributed by atoms with E-state index in [1.165, 1.54) is 0 Å². The van der Waals surface area contributed by atoms with Crippen LogP contribution < -0.4 is 4.72 Å². The first kappa shape index (κ1) is 15.5. The van der Waals surface area contributed by atoms with Gasteiger partial charge in [-0.05, 0) is 35.4 Å². The van der Waals surface area contributed by atoms with Gasteiger partial charge in [0.15, 0.2) is 0 Å². The number of benzene rings is 2. The van der Waals surface area contributed by atoms with Crippen LogP contribution in [-0.2, 0) is 21.9 Å². The normalized spacial score (nSPS) is 11.5. The van der Waals surface area contributed by atoms with E-state index < -0.39 is 10.0 Å². The molecule has 0 heterocycles. The second-order valence-corrected chi connectivity index (χ2v) is 7.00. The summed E-state index contributed by atoms with van der Waals surface area (Å²) in [7, 11) is -3.50. The average Bonchev–Trinajstić information content (AvgIpc) is 2.45. The number of hydrogen-bond acceptors (Lipinski definition) is 2. The summed E-state index contributed by atoms with van der Waals surface area (Å²) in [6.45, 7) is 0.211. The fraction of sp³-hybridized carbons (Fsp3) is 0.143. The van der Waals surface area contributed by atoms with E-state index in [1.807, 2.05) is 6.07 Å². The average molecular weight is 375 g/mol. The molecule has 2 aromatic rings. The van der Waals surface area contributed by atoms with Crippen LogP contribution in [0, 0.1) is 0 Å². The van der Waals surface area contributed by atoms with E-state index in [0.717, 1.165) is 11.1 Å². The Balaban J connectivity index is 2.10. The summed E-state index contributed by atoms with van der Waals surface area (Å²) in [6, 6.07) is 13.8. The number of nitrogens with one attached hydrogen (secondary N) is 1. The molecule has 0 saturated heterocycles. The molecule has 2 aromatic carbocycles. The number of hydrogen-bond donors (Lipinski definition) is 1. The Labute approximate surface area is 132 Å². The van der Waals surface area contributed by atoms with E-state index in [-0.39, 0.29) is 11.4 Å². The lowest BCUT2D eigenvalue weighted by Crippen LogP contribution is -2.23. The van der Waals surface area contributed by atoms with Crippen LogP contribution in [0.25, 0.3) is 0 Å². The third-order valence-corrected chi connectivity index (χ3v) is 5.04. The summed E-state index contributed by atoms with van der Waals surface area (Å²) in [4.78, 5) is 0.254. The Hall–Kier alpha value is -0.880. The number of sulfonamides is 1. The molecular weight excluding hydrogens is 362 g/mol. The quantitative estimate of drug-likeness (QED) is 0.811. The predicted octanol–water partition coefficient (Wildman–Crippen LogP) is 3.71. The highest BCUT2D eigenvalue weighted by Crippen LogP contribution is 2.14. The summed E-state index contributed by atoms with van der Waals surface area (Å²) in [5.41, 5.74) is 1.84. The first-order valence-electron chi connectivity index (χ1n) is 5.90. The van der Waals surface area contributed by atoms with Gasteiger partial charge in [0, 0.05) is 16.9 Å². The van der Waals surface area contributed by atoms with Crippen LogP contribution in [0.2, 0.25) is 5.02 Å². The lowest BCUT2D eigenvalue weighted by atomic mass is 10.2. The SMILES string of the molecule is O=S(=O)(NCc1cccc(Cl)c1)c1ccc(CBr)cc1. The van der Waals surface area contributed by atoms with Crippen LogP contribution in [0.4, 0.5) is 0 Å². The fourth-order valence-electron chi connectivity index (χ4n) is 1.67. The first-order valence-corrected chi connectivity index (χ1v) is 8.88. The monoisotopic (exact) mass is 373 g/mol. The van der Waals surface area contributed by atoms with Gasteiger partial charge in [-0.15, -0.1) is 0 Å². The van der Waals surface area contributed by atoms with Crippen LogP contribution in [0.15, 0.2) is 53.4 Å². The third kappa shape index (κ3) is 4.06. The molecule has 0 saturated carbocycles. The lowest BCUT2D eigenvalue weighted by molar-refractivity contribution is 0.581. The molecule has 106 valence electrons. The highest BCUT2D eigenvalue weighted by molar-refractivity contribution is 9.08. The molecular formula is C14H13BrClNO2S. The second kappa shape index (κ2) is 6.72. The molecule has 1 N–H and O–H groups in total. The zero-order valence-corrected chi connectivity index (χ0v) is 13.7. The fourth-order valence-corrected chi connectivity index (χ4v) is 3.27. The standard InChI is InChI=1S/C14H13BrClNO2S/c15-9-11-4-6-14(7-5-11)20(18,19)17-10-12-2-1-3-13(16)8-12/h1-8,17H,9-10H2. The highest BCUT2D eigenvalue weighted by atomic mass is 79.9. The van der Waals surface area contributed by atoms with Gasteiger partial charge in [0.2, 0.25) is 10.0 Å². The summed E-state index contributed by atoms with van der Waals surface area (Å²) in [6.07, 6.45) is 0. The van der Waals surface area contributed by atoms with Crippen molar-refractivity contribution >= 4 is 37.6 Å². The second-order valence-electron chi connectivity index (χ2n) is 4.23. The first-order chi connectivity index (χ1) is 9.51. The molecule has 6 heteroatoms. The molecule has 3 nitrogen and oxygen atoms in total. The van der Waals surface area contributed by atoms with Crippen LogP contribution in [0.5, 0.6) is 0 Å². The Morgan fingerprint density at radius 3 is 2.35 bits per heavy atom. The van der Waals surface area contributed by atoms with Gasteiger partial charge in [0.05, 0.1) is 4.90 Å². The Morgan fingerprint density at radius 2 is 1.75 bits per heavy atom. The van der Waals surface area contributed by atoms with Crippen molar-refractivity contribution in [2.24, 2.45) is 0 Å². The van der Waals surface area contributed by atoms with Crippen LogP contribution >= 0.6 is 27.5 Å². The summed E-state index contributed by atoms with van der Waals surface area (Å²) in [5, 5.41) is 1.28. The molecule has 0 aromatic heterocycles. The van der Waals surface area contributed by atoms with Crippen molar-refractivity contribution in [3.05, 3.63) is 64.7 Å². The number of alkyl halides is 1. The molecule has 0 spiro atoms. The zero-order chi connectivity index (χ0) is 14.6. The maximum Gasteiger partial charge on any atom is 0.240 e. The Kier molecular flexibility index (Phi) is 5.21.